The molecular weight excluding hydrogens is 282 g/mol. The Bertz CT molecular complexity index is 504. The third kappa shape index (κ3) is 4.13. The Morgan fingerprint density at radius 3 is 2.60 bits per heavy atom. The number of hydrogen-bond donors (Lipinski definition) is 1. The Balaban J connectivity index is 2.61. The van der Waals surface area contributed by atoms with Crippen LogP contribution in [0.1, 0.15) is 18.9 Å². The molecule has 0 radical (unpaired) electrons. The van der Waals surface area contributed by atoms with Gasteiger partial charge in [0.25, 0.3) is 0 Å². The van der Waals surface area contributed by atoms with Crippen molar-refractivity contribution in [1.82, 2.24) is 4.90 Å². The summed E-state index contributed by atoms with van der Waals surface area (Å²) in [5, 5.41) is 9.35. The quantitative estimate of drug-likeness (QED) is 0.874. The van der Waals surface area contributed by atoms with Crippen LogP contribution >= 0.6 is 11.6 Å². The summed E-state index contributed by atoms with van der Waals surface area (Å²) in [6.07, 6.45) is 0.732. The van der Waals surface area contributed by atoms with Gasteiger partial charge in [-0.15, -0.1) is 0 Å². The van der Waals surface area contributed by atoms with Crippen molar-refractivity contribution in [1.29, 1.82) is 0 Å². The first-order valence-electron chi connectivity index (χ1n) is 6.17. The van der Waals surface area contributed by atoms with Crippen molar-refractivity contribution in [3.05, 3.63) is 28.8 Å². The topological polar surface area (TPSA) is 66.8 Å². The molecule has 1 aromatic rings. The minimum Gasteiger partial charge on any atom is -0.495 e. The number of carboxylic acid groups (broad SMARTS) is 1. The second-order valence-corrected chi connectivity index (χ2v) is 4.89. The first-order valence-corrected chi connectivity index (χ1v) is 6.55. The van der Waals surface area contributed by atoms with Crippen LogP contribution in [-0.2, 0) is 16.0 Å². The molecule has 1 atom stereocenters. The van der Waals surface area contributed by atoms with Crippen LogP contribution in [0.4, 0.5) is 0 Å². The molecule has 0 aliphatic carbocycles. The molecule has 0 saturated carbocycles. The first-order chi connectivity index (χ1) is 9.36. The maximum Gasteiger partial charge on any atom is 0.326 e. The van der Waals surface area contributed by atoms with E-state index in [1.54, 1.807) is 12.1 Å². The molecule has 0 spiro atoms. The summed E-state index contributed by atoms with van der Waals surface area (Å²) in [7, 11) is 3.02. The highest BCUT2D eigenvalue weighted by atomic mass is 35.5. The number of likely N-dealkylation sites (N-methyl/N-ethyl adjacent to an activating group) is 1. The zero-order chi connectivity index (χ0) is 15.3. The van der Waals surface area contributed by atoms with Gasteiger partial charge in [0, 0.05) is 13.5 Å². The number of methoxy groups -OCH3 is 1. The predicted octanol–water partition coefficient (Wildman–Crippen LogP) is 2.21. The van der Waals surface area contributed by atoms with Gasteiger partial charge in [-0.05, 0) is 31.0 Å². The number of ether oxygens (including phenoxy) is 1. The number of amides is 1. The highest BCUT2D eigenvalue weighted by molar-refractivity contribution is 6.32. The molecule has 0 aromatic heterocycles. The summed E-state index contributed by atoms with van der Waals surface area (Å²) >= 11 is 6.00. The lowest BCUT2D eigenvalue weighted by atomic mass is 10.1. The zero-order valence-corrected chi connectivity index (χ0v) is 12.5. The summed E-state index contributed by atoms with van der Waals surface area (Å²) in [6.45, 7) is 1.48. The number of carboxylic acids is 1. The number of rotatable bonds is 6. The summed E-state index contributed by atoms with van der Waals surface area (Å²) < 4.78 is 5.05. The van der Waals surface area contributed by atoms with Crippen molar-refractivity contribution < 1.29 is 19.4 Å². The third-order valence-electron chi connectivity index (χ3n) is 3.18. The fraction of sp³-hybridized carbons (Fsp3) is 0.429. The number of carbonyl (C=O) groups is 2. The van der Waals surface area contributed by atoms with E-state index in [0.29, 0.717) is 17.2 Å². The van der Waals surface area contributed by atoms with Crippen LogP contribution in [0.15, 0.2) is 18.2 Å². The van der Waals surface area contributed by atoms with Gasteiger partial charge in [0.2, 0.25) is 5.91 Å². The van der Waals surface area contributed by atoms with E-state index in [1.807, 2.05) is 6.07 Å². The number of hydrogen-bond acceptors (Lipinski definition) is 3. The summed E-state index contributed by atoms with van der Waals surface area (Å²) in [4.78, 5) is 23.9. The maximum atomic E-state index is 11.9. The van der Waals surface area contributed by atoms with Crippen molar-refractivity contribution >= 4 is 23.5 Å². The number of halogens is 1. The fourth-order valence-electron chi connectivity index (χ4n) is 1.67. The van der Waals surface area contributed by atoms with E-state index in [9.17, 15) is 9.59 Å². The molecular formula is C14H18ClNO4. The third-order valence-corrected chi connectivity index (χ3v) is 3.47. The molecule has 1 unspecified atom stereocenters. The van der Waals surface area contributed by atoms with E-state index in [4.69, 9.17) is 21.4 Å². The Hall–Kier alpha value is -1.75. The van der Waals surface area contributed by atoms with Crippen LogP contribution in [0.5, 0.6) is 5.75 Å². The first kappa shape index (κ1) is 16.3. The second kappa shape index (κ2) is 7.14. The molecule has 1 amide bonds. The normalized spacial score (nSPS) is 11.8. The molecule has 20 heavy (non-hydrogen) atoms. The van der Waals surface area contributed by atoms with Gasteiger partial charge in [-0.2, -0.15) is 0 Å². The molecule has 0 aliphatic rings. The maximum absolute atomic E-state index is 11.9. The van der Waals surface area contributed by atoms with Crippen molar-refractivity contribution in [2.24, 2.45) is 0 Å². The monoisotopic (exact) mass is 299 g/mol. The lowest BCUT2D eigenvalue weighted by Gasteiger charge is -2.21. The zero-order valence-electron chi connectivity index (χ0n) is 11.7. The van der Waals surface area contributed by atoms with Gasteiger partial charge in [-0.25, -0.2) is 4.79 Å². The lowest BCUT2D eigenvalue weighted by Crippen LogP contribution is -2.40. The van der Waals surface area contributed by atoms with Gasteiger partial charge in [-0.3, -0.25) is 4.79 Å². The Labute approximate surface area is 123 Å². The summed E-state index contributed by atoms with van der Waals surface area (Å²) in [5.41, 5.74) is 0.903. The van der Waals surface area contributed by atoms with Gasteiger partial charge in [0.1, 0.15) is 11.8 Å². The molecule has 1 aromatic carbocycles. The van der Waals surface area contributed by atoms with Gasteiger partial charge in [0.05, 0.1) is 12.1 Å². The van der Waals surface area contributed by atoms with Crippen molar-refractivity contribution in [2.45, 2.75) is 25.8 Å². The van der Waals surface area contributed by atoms with Crippen LogP contribution in [0, 0.1) is 0 Å². The Morgan fingerprint density at radius 1 is 1.45 bits per heavy atom. The molecule has 0 aliphatic heterocycles. The Morgan fingerprint density at radius 2 is 2.10 bits per heavy atom. The molecule has 5 nitrogen and oxygen atoms in total. The number of nitrogens with zero attached hydrogens (tertiary/aromatic N) is 1. The number of aliphatic carboxylic acids is 1. The molecule has 0 heterocycles. The number of benzene rings is 1. The van der Waals surface area contributed by atoms with Crippen LogP contribution in [0.25, 0.3) is 0 Å². The average Bonchev–Trinajstić information content (AvgIpc) is 2.43. The standard InChI is InChI=1S/C14H18ClNO4/c1-9(14(18)19)16(2)13(17)7-5-10-4-6-12(20-3)11(15)8-10/h4,6,8-9H,5,7H2,1-3H3,(H,18,19). The van der Waals surface area contributed by atoms with Crippen LogP contribution in [-0.4, -0.2) is 42.1 Å². The molecule has 1 rings (SSSR count). The highest BCUT2D eigenvalue weighted by Crippen LogP contribution is 2.25. The highest BCUT2D eigenvalue weighted by Gasteiger charge is 2.21. The SMILES string of the molecule is COc1ccc(CCC(=O)N(C)C(C)C(=O)O)cc1Cl. The van der Waals surface area contributed by atoms with E-state index >= 15 is 0 Å². The smallest absolute Gasteiger partial charge is 0.326 e. The molecule has 110 valence electrons. The van der Waals surface area contributed by atoms with E-state index in [2.05, 4.69) is 0 Å². The molecule has 0 bridgehead atoms. The largest absolute Gasteiger partial charge is 0.495 e. The predicted molar refractivity (Wildman–Crippen MR) is 76.2 cm³/mol. The van der Waals surface area contributed by atoms with E-state index < -0.39 is 12.0 Å². The number of carbonyl (C=O) groups excluding carboxylic acids is 1. The van der Waals surface area contributed by atoms with Crippen molar-refractivity contribution in [3.8, 4) is 5.75 Å². The summed E-state index contributed by atoms with van der Waals surface area (Å²) in [5.74, 6) is -0.654. The van der Waals surface area contributed by atoms with Crippen LogP contribution in [0.3, 0.4) is 0 Å². The van der Waals surface area contributed by atoms with E-state index in [0.717, 1.165) is 5.56 Å². The summed E-state index contributed by atoms with van der Waals surface area (Å²) in [6, 6.07) is 4.49. The van der Waals surface area contributed by atoms with Crippen LogP contribution in [0.2, 0.25) is 5.02 Å². The number of aryl methyl sites for hydroxylation is 1. The molecule has 0 fully saturated rings. The Kier molecular flexibility index (Phi) is 5.82. The fourth-order valence-corrected chi connectivity index (χ4v) is 1.95. The molecule has 1 N–H and O–H groups in total. The molecule has 6 heteroatoms. The average molecular weight is 300 g/mol. The van der Waals surface area contributed by atoms with Gasteiger partial charge in [0.15, 0.2) is 0 Å². The van der Waals surface area contributed by atoms with Crippen molar-refractivity contribution in [2.75, 3.05) is 14.2 Å². The molecule has 0 saturated heterocycles. The van der Waals surface area contributed by atoms with Gasteiger partial charge < -0.3 is 14.7 Å². The van der Waals surface area contributed by atoms with E-state index in [-0.39, 0.29) is 12.3 Å². The minimum absolute atomic E-state index is 0.216. The van der Waals surface area contributed by atoms with Gasteiger partial charge >= 0.3 is 5.97 Å². The van der Waals surface area contributed by atoms with E-state index in [1.165, 1.54) is 26.0 Å². The van der Waals surface area contributed by atoms with Crippen molar-refractivity contribution in [3.63, 3.8) is 0 Å². The lowest BCUT2D eigenvalue weighted by molar-refractivity contribution is -0.148. The second-order valence-electron chi connectivity index (χ2n) is 4.49. The minimum atomic E-state index is -1.02. The van der Waals surface area contributed by atoms with Crippen LogP contribution < -0.4 is 4.74 Å². The van der Waals surface area contributed by atoms with Gasteiger partial charge in [-0.1, -0.05) is 17.7 Å².